The van der Waals surface area contributed by atoms with Crippen molar-refractivity contribution in [3.05, 3.63) is 60.2 Å². The number of hydrogen-bond donors (Lipinski definition) is 0. The largest absolute Gasteiger partial charge is 0.379 e. The van der Waals surface area contributed by atoms with Gasteiger partial charge in [-0.3, -0.25) is 4.79 Å². The lowest BCUT2D eigenvalue weighted by atomic mass is 9.97. The molecule has 0 heterocycles. The Morgan fingerprint density at radius 2 is 1.57 bits per heavy atom. The topological polar surface area (TPSA) is 60.4 Å². The minimum atomic E-state index is -3.91. The first-order valence-electron chi connectivity index (χ1n) is 6.51. The van der Waals surface area contributed by atoms with Crippen molar-refractivity contribution in [2.45, 2.75) is 24.7 Å². The maximum absolute atomic E-state index is 12.2. The van der Waals surface area contributed by atoms with E-state index in [-0.39, 0.29) is 16.4 Å². The highest BCUT2D eigenvalue weighted by atomic mass is 32.2. The maximum Gasteiger partial charge on any atom is 0.339 e. The first kappa shape index (κ1) is 15.3. The van der Waals surface area contributed by atoms with Gasteiger partial charge in [-0.1, -0.05) is 43.3 Å². The molecule has 2 aromatic rings. The van der Waals surface area contributed by atoms with Crippen LogP contribution in [0.3, 0.4) is 0 Å². The zero-order valence-electron chi connectivity index (χ0n) is 11.8. The zero-order chi connectivity index (χ0) is 15.5. The third kappa shape index (κ3) is 3.49. The molecule has 0 radical (unpaired) electrons. The summed E-state index contributed by atoms with van der Waals surface area (Å²) in [5.74, 6) is -0.292. The Balaban J connectivity index is 2.39. The van der Waals surface area contributed by atoms with E-state index < -0.39 is 16.0 Å². The van der Waals surface area contributed by atoms with Gasteiger partial charge in [-0.25, -0.2) is 0 Å². The van der Waals surface area contributed by atoms with Crippen LogP contribution in [0, 0.1) is 0 Å². The second-order valence-corrected chi connectivity index (χ2v) is 6.27. The summed E-state index contributed by atoms with van der Waals surface area (Å²) >= 11 is 0. The van der Waals surface area contributed by atoms with Crippen LogP contribution in [0.5, 0.6) is 5.75 Å². The fraction of sp³-hybridized carbons (Fsp3) is 0.188. The van der Waals surface area contributed by atoms with Crippen molar-refractivity contribution in [1.82, 2.24) is 0 Å². The van der Waals surface area contributed by atoms with Crippen LogP contribution in [0.25, 0.3) is 0 Å². The summed E-state index contributed by atoms with van der Waals surface area (Å²) in [7, 11) is -3.91. The van der Waals surface area contributed by atoms with Gasteiger partial charge in [-0.15, -0.1) is 0 Å². The van der Waals surface area contributed by atoms with Crippen molar-refractivity contribution in [3.63, 3.8) is 0 Å². The monoisotopic (exact) mass is 304 g/mol. The lowest BCUT2D eigenvalue weighted by molar-refractivity contribution is -0.118. The highest BCUT2D eigenvalue weighted by Crippen LogP contribution is 2.29. The first-order valence-corrected chi connectivity index (χ1v) is 7.91. The number of para-hydroxylation sites is 1. The predicted octanol–water partition coefficient (Wildman–Crippen LogP) is 3.15. The first-order chi connectivity index (χ1) is 9.92. The Bertz CT molecular complexity index is 736. The fourth-order valence-corrected chi connectivity index (χ4v) is 2.86. The van der Waals surface area contributed by atoms with E-state index in [4.69, 9.17) is 4.18 Å². The minimum absolute atomic E-state index is 0.0526. The van der Waals surface area contributed by atoms with E-state index in [9.17, 15) is 13.2 Å². The zero-order valence-corrected chi connectivity index (χ0v) is 12.6. The molecule has 110 valence electrons. The lowest BCUT2D eigenvalue weighted by Crippen LogP contribution is -2.13. The molecule has 1 unspecified atom stereocenters. The summed E-state index contributed by atoms with van der Waals surface area (Å²) in [6, 6.07) is 14.6. The fourth-order valence-electron chi connectivity index (χ4n) is 1.89. The van der Waals surface area contributed by atoms with Gasteiger partial charge in [-0.05, 0) is 25.1 Å². The summed E-state index contributed by atoms with van der Waals surface area (Å²) in [6.45, 7) is 3.19. The van der Waals surface area contributed by atoms with Crippen LogP contribution in [-0.2, 0) is 14.9 Å². The molecule has 1 atom stereocenters. The van der Waals surface area contributed by atoms with E-state index in [1.807, 2.05) is 0 Å². The van der Waals surface area contributed by atoms with Crippen LogP contribution >= 0.6 is 0 Å². The van der Waals surface area contributed by atoms with E-state index in [2.05, 4.69) is 0 Å². The van der Waals surface area contributed by atoms with Crippen LogP contribution in [0.2, 0.25) is 0 Å². The van der Waals surface area contributed by atoms with Crippen molar-refractivity contribution in [1.29, 1.82) is 0 Å². The molecule has 0 bridgehead atoms. The van der Waals surface area contributed by atoms with Crippen molar-refractivity contribution < 1.29 is 17.4 Å². The molecule has 0 aliphatic rings. The van der Waals surface area contributed by atoms with E-state index in [1.165, 1.54) is 19.1 Å². The molecule has 5 heteroatoms. The summed E-state index contributed by atoms with van der Waals surface area (Å²) in [6.07, 6.45) is 0. The Morgan fingerprint density at radius 1 is 1.00 bits per heavy atom. The van der Waals surface area contributed by atoms with Crippen molar-refractivity contribution >= 4 is 15.9 Å². The molecule has 0 spiro atoms. The second-order valence-electron chi connectivity index (χ2n) is 4.72. The van der Waals surface area contributed by atoms with E-state index in [0.29, 0.717) is 5.56 Å². The maximum atomic E-state index is 12.2. The summed E-state index contributed by atoms with van der Waals surface area (Å²) in [4.78, 5) is 11.6. The van der Waals surface area contributed by atoms with Gasteiger partial charge in [0.15, 0.2) is 0 Å². The van der Waals surface area contributed by atoms with Crippen molar-refractivity contribution in [2.75, 3.05) is 0 Å². The van der Waals surface area contributed by atoms with Gasteiger partial charge < -0.3 is 4.18 Å². The summed E-state index contributed by atoms with van der Waals surface area (Å²) < 4.78 is 29.7. The van der Waals surface area contributed by atoms with Gasteiger partial charge >= 0.3 is 10.1 Å². The third-order valence-corrected chi connectivity index (χ3v) is 4.48. The number of carbonyl (C=O) groups excluding carboxylic acids is 1. The van der Waals surface area contributed by atoms with E-state index in [1.54, 1.807) is 49.4 Å². The van der Waals surface area contributed by atoms with Gasteiger partial charge in [0, 0.05) is 11.5 Å². The van der Waals surface area contributed by atoms with Gasteiger partial charge in [0.2, 0.25) is 0 Å². The smallest absolute Gasteiger partial charge is 0.339 e. The second kappa shape index (κ2) is 6.10. The number of carbonyl (C=O) groups is 1. The molecule has 0 fully saturated rings. The molecule has 0 saturated carbocycles. The number of hydrogen-bond acceptors (Lipinski definition) is 4. The van der Waals surface area contributed by atoms with Crippen LogP contribution in [0.1, 0.15) is 25.3 Å². The van der Waals surface area contributed by atoms with E-state index in [0.717, 1.165) is 0 Å². The molecule has 0 saturated heterocycles. The minimum Gasteiger partial charge on any atom is -0.379 e. The van der Waals surface area contributed by atoms with Gasteiger partial charge in [-0.2, -0.15) is 8.42 Å². The molecule has 21 heavy (non-hydrogen) atoms. The molecule has 0 aliphatic carbocycles. The number of benzene rings is 2. The molecule has 0 amide bonds. The highest BCUT2D eigenvalue weighted by Gasteiger charge is 2.21. The standard InChI is InChI=1S/C16H16O4S/c1-12(13(2)17)15-10-6-7-11-16(15)20-21(18,19)14-8-4-3-5-9-14/h3-12H,1-2H3. The molecule has 2 aromatic carbocycles. The highest BCUT2D eigenvalue weighted by molar-refractivity contribution is 7.87. The Morgan fingerprint density at radius 3 is 2.19 bits per heavy atom. The van der Waals surface area contributed by atoms with Gasteiger partial charge in [0.1, 0.15) is 16.4 Å². The third-order valence-electron chi connectivity index (χ3n) is 3.23. The Kier molecular flexibility index (Phi) is 4.43. The predicted molar refractivity (Wildman–Crippen MR) is 79.8 cm³/mol. The summed E-state index contributed by atoms with van der Waals surface area (Å²) in [5.41, 5.74) is 0.560. The number of Topliss-reactive ketones (excluding diaryl/α,β-unsaturated/α-hetero) is 1. The summed E-state index contributed by atoms with van der Waals surface area (Å²) in [5, 5.41) is 0. The normalized spacial score (nSPS) is 12.7. The van der Waals surface area contributed by atoms with Crippen LogP contribution in [0.15, 0.2) is 59.5 Å². The van der Waals surface area contributed by atoms with E-state index >= 15 is 0 Å². The Hall–Kier alpha value is -2.14. The quantitative estimate of drug-likeness (QED) is 0.796. The van der Waals surface area contributed by atoms with Gasteiger partial charge in [0.05, 0.1) is 0 Å². The molecular weight excluding hydrogens is 288 g/mol. The molecule has 0 N–H and O–H groups in total. The number of rotatable bonds is 5. The lowest BCUT2D eigenvalue weighted by Gasteiger charge is -2.14. The van der Waals surface area contributed by atoms with Crippen LogP contribution < -0.4 is 4.18 Å². The SMILES string of the molecule is CC(=O)C(C)c1ccccc1OS(=O)(=O)c1ccccc1. The van der Waals surface area contributed by atoms with Gasteiger partial charge in [0.25, 0.3) is 0 Å². The molecule has 4 nitrogen and oxygen atoms in total. The average molecular weight is 304 g/mol. The number of ketones is 1. The molecular formula is C16H16O4S. The van der Waals surface area contributed by atoms with Crippen molar-refractivity contribution in [3.8, 4) is 5.75 Å². The van der Waals surface area contributed by atoms with Crippen LogP contribution in [0.4, 0.5) is 0 Å². The molecule has 2 rings (SSSR count). The molecule has 0 aliphatic heterocycles. The average Bonchev–Trinajstić information content (AvgIpc) is 2.47. The molecule has 0 aromatic heterocycles. The van der Waals surface area contributed by atoms with Crippen LogP contribution in [-0.4, -0.2) is 14.2 Å². The van der Waals surface area contributed by atoms with Crippen molar-refractivity contribution in [2.24, 2.45) is 0 Å². The Labute approximate surface area is 124 Å².